The number of esters is 1. The lowest BCUT2D eigenvalue weighted by Gasteiger charge is -2.42. The van der Waals surface area contributed by atoms with E-state index in [4.69, 9.17) is 4.74 Å². The molecule has 134 valence electrons. The minimum atomic E-state index is 0.0953. The molecule has 0 saturated heterocycles. The van der Waals surface area contributed by atoms with Crippen LogP contribution >= 0.6 is 0 Å². The molecule has 8 atom stereocenters. The van der Waals surface area contributed by atoms with Crippen LogP contribution in [-0.4, -0.2) is 12.1 Å². The van der Waals surface area contributed by atoms with Crippen LogP contribution in [0.25, 0.3) is 0 Å². The molecule has 2 saturated carbocycles. The summed E-state index contributed by atoms with van der Waals surface area (Å²) in [6.07, 6.45) is 7.13. The maximum atomic E-state index is 12.8. The first-order chi connectivity index (χ1) is 10.9. The molecule has 0 bridgehead atoms. The second-order valence-corrected chi connectivity index (χ2v) is 8.51. The van der Waals surface area contributed by atoms with E-state index in [9.17, 15) is 4.79 Å². The molecule has 2 fully saturated rings. The molecule has 2 heteroatoms. The van der Waals surface area contributed by atoms with Gasteiger partial charge in [0.1, 0.15) is 6.10 Å². The molecule has 0 radical (unpaired) electrons. The lowest BCUT2D eigenvalue weighted by Crippen LogP contribution is -2.41. The van der Waals surface area contributed by atoms with Crippen molar-refractivity contribution >= 4 is 5.97 Å². The minimum Gasteiger partial charge on any atom is -0.462 e. The molecule has 23 heavy (non-hydrogen) atoms. The van der Waals surface area contributed by atoms with Gasteiger partial charge in [-0.15, -0.1) is 0 Å². The number of carbonyl (C=O) groups excluding carboxylic acids is 1. The molecule has 2 aliphatic rings. The second kappa shape index (κ2) is 8.03. The quantitative estimate of drug-likeness (QED) is 0.621. The first-order valence-electron chi connectivity index (χ1n) is 10.1. The van der Waals surface area contributed by atoms with Gasteiger partial charge in [0.05, 0.1) is 5.92 Å². The third kappa shape index (κ3) is 3.94. The summed E-state index contributed by atoms with van der Waals surface area (Å²) in [6, 6.07) is 0. The van der Waals surface area contributed by atoms with Crippen molar-refractivity contribution in [1.82, 2.24) is 0 Å². The molecule has 0 spiro atoms. The van der Waals surface area contributed by atoms with Crippen LogP contribution in [0.1, 0.15) is 80.1 Å². The van der Waals surface area contributed by atoms with Crippen LogP contribution in [0, 0.1) is 41.4 Å². The molecule has 0 heterocycles. The zero-order valence-electron chi connectivity index (χ0n) is 16.2. The Labute approximate surface area is 143 Å². The Morgan fingerprint density at radius 1 is 0.783 bits per heavy atom. The Morgan fingerprint density at radius 3 is 1.87 bits per heavy atom. The molecule has 0 aromatic heterocycles. The smallest absolute Gasteiger partial charge is 0.309 e. The molecular weight excluding hydrogens is 284 g/mol. The molecule has 0 N–H and O–H groups in total. The van der Waals surface area contributed by atoms with Crippen LogP contribution in [-0.2, 0) is 9.53 Å². The Bertz CT molecular complexity index is 391. The highest BCUT2D eigenvalue weighted by Crippen LogP contribution is 2.42. The number of hydrogen-bond acceptors (Lipinski definition) is 2. The molecule has 0 amide bonds. The number of hydrogen-bond donors (Lipinski definition) is 0. The molecule has 2 nitrogen and oxygen atoms in total. The average Bonchev–Trinajstić information content (AvgIpc) is 2.54. The standard InChI is InChI=1S/C21H38O2/c1-7-17-9-11-19(15(5)13(17)3)21(22)23-20-12-10-18(8-2)14(4)16(20)6/h13-20H,7-12H2,1-6H3. The molecule has 0 aromatic carbocycles. The highest BCUT2D eigenvalue weighted by atomic mass is 16.5. The molecule has 8 unspecified atom stereocenters. The minimum absolute atomic E-state index is 0.0953. The van der Waals surface area contributed by atoms with E-state index in [0.29, 0.717) is 23.7 Å². The van der Waals surface area contributed by atoms with Crippen LogP contribution < -0.4 is 0 Å². The van der Waals surface area contributed by atoms with E-state index in [0.717, 1.165) is 24.7 Å². The summed E-state index contributed by atoms with van der Waals surface area (Å²) in [4.78, 5) is 12.8. The van der Waals surface area contributed by atoms with Crippen molar-refractivity contribution in [3.63, 3.8) is 0 Å². The van der Waals surface area contributed by atoms with Crippen molar-refractivity contribution in [2.45, 2.75) is 86.2 Å². The Hall–Kier alpha value is -0.530. The van der Waals surface area contributed by atoms with E-state index in [1.165, 1.54) is 25.7 Å². The predicted octanol–water partition coefficient (Wildman–Crippen LogP) is 5.70. The third-order valence-corrected chi connectivity index (χ3v) is 7.66. The lowest BCUT2D eigenvalue weighted by atomic mass is 9.67. The van der Waals surface area contributed by atoms with E-state index in [1.54, 1.807) is 0 Å². The summed E-state index contributed by atoms with van der Waals surface area (Å²) in [6.45, 7) is 13.8. The first kappa shape index (κ1) is 18.8. The van der Waals surface area contributed by atoms with E-state index in [1.807, 2.05) is 0 Å². The third-order valence-electron chi connectivity index (χ3n) is 7.66. The molecule has 0 aromatic rings. The van der Waals surface area contributed by atoms with E-state index in [-0.39, 0.29) is 18.0 Å². The van der Waals surface area contributed by atoms with Crippen molar-refractivity contribution in [3.8, 4) is 0 Å². The fourth-order valence-corrected chi connectivity index (χ4v) is 5.27. The zero-order valence-corrected chi connectivity index (χ0v) is 16.2. The first-order valence-corrected chi connectivity index (χ1v) is 10.1. The van der Waals surface area contributed by atoms with Crippen LogP contribution in [0.2, 0.25) is 0 Å². The lowest BCUT2D eigenvalue weighted by molar-refractivity contribution is -0.165. The molecule has 0 aliphatic heterocycles. The van der Waals surface area contributed by atoms with Crippen LogP contribution in [0.3, 0.4) is 0 Å². The zero-order chi connectivity index (χ0) is 17.1. The van der Waals surface area contributed by atoms with Gasteiger partial charge in [-0.1, -0.05) is 54.4 Å². The highest BCUT2D eigenvalue weighted by Gasteiger charge is 2.40. The number of carbonyl (C=O) groups is 1. The maximum absolute atomic E-state index is 12.8. The highest BCUT2D eigenvalue weighted by molar-refractivity contribution is 5.73. The van der Waals surface area contributed by atoms with Gasteiger partial charge in [0, 0.05) is 0 Å². The summed E-state index contributed by atoms with van der Waals surface area (Å²) in [5.41, 5.74) is 0. The Kier molecular flexibility index (Phi) is 6.57. The van der Waals surface area contributed by atoms with Crippen molar-refractivity contribution in [2.24, 2.45) is 41.4 Å². The normalized spacial score (nSPS) is 44.8. The maximum Gasteiger partial charge on any atom is 0.309 e. The topological polar surface area (TPSA) is 26.3 Å². The predicted molar refractivity (Wildman–Crippen MR) is 96.1 cm³/mol. The fraction of sp³-hybridized carbons (Fsp3) is 0.952. The van der Waals surface area contributed by atoms with Gasteiger partial charge in [0.15, 0.2) is 0 Å². The van der Waals surface area contributed by atoms with Gasteiger partial charge < -0.3 is 4.74 Å². The van der Waals surface area contributed by atoms with Gasteiger partial charge in [0.25, 0.3) is 0 Å². The van der Waals surface area contributed by atoms with Crippen LogP contribution in [0.4, 0.5) is 0 Å². The van der Waals surface area contributed by atoms with Gasteiger partial charge in [0.2, 0.25) is 0 Å². The summed E-state index contributed by atoms with van der Waals surface area (Å²) >= 11 is 0. The van der Waals surface area contributed by atoms with E-state index in [2.05, 4.69) is 41.5 Å². The summed E-state index contributed by atoms with van der Waals surface area (Å²) in [7, 11) is 0. The SMILES string of the molecule is CCC1CCC(OC(=O)C2CCC(CC)C(C)C2C)C(C)C1C. The Morgan fingerprint density at radius 2 is 1.30 bits per heavy atom. The van der Waals surface area contributed by atoms with E-state index < -0.39 is 0 Å². The van der Waals surface area contributed by atoms with Crippen LogP contribution in [0.15, 0.2) is 0 Å². The molecule has 2 aliphatic carbocycles. The van der Waals surface area contributed by atoms with Gasteiger partial charge in [-0.3, -0.25) is 4.79 Å². The van der Waals surface area contributed by atoms with Crippen LogP contribution in [0.5, 0.6) is 0 Å². The monoisotopic (exact) mass is 322 g/mol. The number of rotatable bonds is 4. The Balaban J connectivity index is 1.94. The van der Waals surface area contributed by atoms with Gasteiger partial charge in [-0.05, 0) is 61.2 Å². The average molecular weight is 323 g/mol. The largest absolute Gasteiger partial charge is 0.462 e. The number of ether oxygens (including phenoxy) is 1. The fourth-order valence-electron chi connectivity index (χ4n) is 5.27. The van der Waals surface area contributed by atoms with Crippen molar-refractivity contribution in [1.29, 1.82) is 0 Å². The summed E-state index contributed by atoms with van der Waals surface area (Å²) in [5.74, 6) is 4.07. The van der Waals surface area contributed by atoms with Crippen molar-refractivity contribution in [2.75, 3.05) is 0 Å². The van der Waals surface area contributed by atoms with Gasteiger partial charge in [-0.25, -0.2) is 0 Å². The van der Waals surface area contributed by atoms with Gasteiger partial charge in [-0.2, -0.15) is 0 Å². The van der Waals surface area contributed by atoms with Crippen molar-refractivity contribution < 1.29 is 9.53 Å². The van der Waals surface area contributed by atoms with Crippen molar-refractivity contribution in [3.05, 3.63) is 0 Å². The molecular formula is C21H38O2. The second-order valence-electron chi connectivity index (χ2n) is 8.51. The van der Waals surface area contributed by atoms with Gasteiger partial charge >= 0.3 is 5.97 Å². The summed E-state index contributed by atoms with van der Waals surface area (Å²) < 4.78 is 6.06. The molecule has 2 rings (SSSR count). The van der Waals surface area contributed by atoms with E-state index >= 15 is 0 Å². The summed E-state index contributed by atoms with van der Waals surface area (Å²) in [5, 5.41) is 0.